The highest BCUT2D eigenvalue weighted by molar-refractivity contribution is 9.09. The summed E-state index contributed by atoms with van der Waals surface area (Å²) in [4.78, 5) is 0. The summed E-state index contributed by atoms with van der Waals surface area (Å²) in [6.45, 7) is 0.826. The summed E-state index contributed by atoms with van der Waals surface area (Å²) < 4.78 is 10.2. The lowest BCUT2D eigenvalue weighted by molar-refractivity contribution is 0.181. The first kappa shape index (κ1) is 13.5. The second kappa shape index (κ2) is 7.69. The average molecular weight is 287 g/mol. The van der Waals surface area contributed by atoms with Crippen molar-refractivity contribution in [2.75, 3.05) is 26.2 Å². The fourth-order valence-corrected chi connectivity index (χ4v) is 2.17. The lowest BCUT2D eigenvalue weighted by Crippen LogP contribution is -2.09. The topological polar surface area (TPSA) is 18.5 Å². The minimum Gasteiger partial charge on any atom is -0.497 e. The summed E-state index contributed by atoms with van der Waals surface area (Å²) in [6.07, 6.45) is 2.17. The maximum atomic E-state index is 5.14. The molecule has 0 saturated carbocycles. The van der Waals surface area contributed by atoms with E-state index >= 15 is 0 Å². The molecule has 0 aliphatic rings. The van der Waals surface area contributed by atoms with E-state index in [-0.39, 0.29) is 0 Å². The highest BCUT2D eigenvalue weighted by Gasteiger charge is 2.08. The summed E-state index contributed by atoms with van der Waals surface area (Å²) in [5.74, 6) is 1.55. The van der Waals surface area contributed by atoms with Crippen LogP contribution in [0.1, 0.15) is 12.0 Å². The Balaban J connectivity index is 2.49. The van der Waals surface area contributed by atoms with Crippen molar-refractivity contribution in [3.05, 3.63) is 29.8 Å². The number of methoxy groups -OCH3 is 2. The minimum absolute atomic E-state index is 0.633. The van der Waals surface area contributed by atoms with Gasteiger partial charge in [-0.2, -0.15) is 0 Å². The van der Waals surface area contributed by atoms with E-state index in [1.165, 1.54) is 5.56 Å². The zero-order valence-electron chi connectivity index (χ0n) is 9.91. The molecule has 1 atom stereocenters. The molecule has 16 heavy (non-hydrogen) atoms. The molecule has 0 bridgehead atoms. The van der Waals surface area contributed by atoms with Crippen molar-refractivity contribution in [2.24, 2.45) is 5.92 Å². The molecule has 3 heteroatoms. The van der Waals surface area contributed by atoms with Gasteiger partial charge in [0.2, 0.25) is 0 Å². The Morgan fingerprint density at radius 3 is 2.38 bits per heavy atom. The van der Waals surface area contributed by atoms with Crippen LogP contribution in [0.3, 0.4) is 0 Å². The maximum Gasteiger partial charge on any atom is 0.118 e. The molecule has 1 aromatic rings. The molecule has 0 aromatic heterocycles. The molecular formula is C13H19BrO2. The Kier molecular flexibility index (Phi) is 6.50. The molecule has 0 aliphatic carbocycles. The van der Waals surface area contributed by atoms with Gasteiger partial charge >= 0.3 is 0 Å². The Hall–Kier alpha value is -0.540. The van der Waals surface area contributed by atoms with Crippen LogP contribution in [0.5, 0.6) is 5.75 Å². The van der Waals surface area contributed by atoms with Crippen LogP contribution in [0.4, 0.5) is 0 Å². The standard InChI is InChI=1S/C13H19BrO2/c1-15-8-7-12(10-14)9-11-3-5-13(16-2)6-4-11/h3-6,12H,7-10H2,1-2H3. The summed E-state index contributed by atoms with van der Waals surface area (Å²) in [7, 11) is 3.44. The monoisotopic (exact) mass is 286 g/mol. The molecule has 0 spiro atoms. The van der Waals surface area contributed by atoms with Gasteiger partial charge in [0.25, 0.3) is 0 Å². The van der Waals surface area contributed by atoms with E-state index in [0.717, 1.165) is 30.5 Å². The van der Waals surface area contributed by atoms with Crippen LogP contribution in [0.15, 0.2) is 24.3 Å². The number of ether oxygens (including phenoxy) is 2. The molecule has 0 aliphatic heterocycles. The fourth-order valence-electron chi connectivity index (χ4n) is 1.61. The van der Waals surface area contributed by atoms with Crippen LogP contribution < -0.4 is 4.74 Å². The predicted octanol–water partition coefficient (Wildman–Crippen LogP) is 3.29. The van der Waals surface area contributed by atoms with E-state index in [1.54, 1.807) is 14.2 Å². The first-order valence-electron chi connectivity index (χ1n) is 5.48. The van der Waals surface area contributed by atoms with Gasteiger partial charge in [0, 0.05) is 19.0 Å². The molecule has 0 heterocycles. The van der Waals surface area contributed by atoms with Crippen molar-refractivity contribution in [3.8, 4) is 5.75 Å². The zero-order chi connectivity index (χ0) is 11.8. The molecule has 0 fully saturated rings. The first-order valence-corrected chi connectivity index (χ1v) is 6.60. The highest BCUT2D eigenvalue weighted by Crippen LogP contribution is 2.18. The van der Waals surface area contributed by atoms with Crippen LogP contribution in [0.25, 0.3) is 0 Å². The van der Waals surface area contributed by atoms with E-state index in [0.29, 0.717) is 5.92 Å². The van der Waals surface area contributed by atoms with E-state index in [9.17, 15) is 0 Å². The molecule has 2 nitrogen and oxygen atoms in total. The second-order valence-electron chi connectivity index (χ2n) is 3.85. The van der Waals surface area contributed by atoms with Gasteiger partial charge in [0.05, 0.1) is 7.11 Å². The van der Waals surface area contributed by atoms with Crippen molar-refractivity contribution >= 4 is 15.9 Å². The van der Waals surface area contributed by atoms with Gasteiger partial charge in [-0.3, -0.25) is 0 Å². The molecule has 0 saturated heterocycles. The number of rotatable bonds is 7. The molecule has 0 N–H and O–H groups in total. The number of hydrogen-bond acceptors (Lipinski definition) is 2. The van der Waals surface area contributed by atoms with E-state index in [4.69, 9.17) is 9.47 Å². The van der Waals surface area contributed by atoms with Gasteiger partial charge in [-0.25, -0.2) is 0 Å². The molecule has 90 valence electrons. The largest absolute Gasteiger partial charge is 0.497 e. The molecule has 0 radical (unpaired) electrons. The SMILES string of the molecule is COCCC(CBr)Cc1ccc(OC)cc1. The fraction of sp³-hybridized carbons (Fsp3) is 0.538. The second-order valence-corrected chi connectivity index (χ2v) is 4.50. The van der Waals surface area contributed by atoms with Gasteiger partial charge in [-0.1, -0.05) is 28.1 Å². The summed E-state index contributed by atoms with van der Waals surface area (Å²) in [6, 6.07) is 8.27. The number of hydrogen-bond donors (Lipinski definition) is 0. The molecular weight excluding hydrogens is 268 g/mol. The van der Waals surface area contributed by atoms with Crippen molar-refractivity contribution in [1.29, 1.82) is 0 Å². The summed E-state index contributed by atoms with van der Waals surface area (Å²) in [5, 5.41) is 1.02. The Labute approximate surface area is 106 Å². The molecule has 1 aromatic carbocycles. The van der Waals surface area contributed by atoms with Crippen LogP contribution in [0.2, 0.25) is 0 Å². The molecule has 1 unspecified atom stereocenters. The lowest BCUT2D eigenvalue weighted by Gasteiger charge is -2.13. The number of benzene rings is 1. The van der Waals surface area contributed by atoms with E-state index in [2.05, 4.69) is 28.1 Å². The van der Waals surface area contributed by atoms with Gasteiger partial charge in [-0.15, -0.1) is 0 Å². The average Bonchev–Trinajstić information content (AvgIpc) is 2.35. The predicted molar refractivity (Wildman–Crippen MR) is 70.5 cm³/mol. The van der Waals surface area contributed by atoms with Crippen LogP contribution in [0, 0.1) is 5.92 Å². The molecule has 0 amide bonds. The molecule has 1 rings (SSSR count). The van der Waals surface area contributed by atoms with Crippen LogP contribution >= 0.6 is 15.9 Å². The third kappa shape index (κ3) is 4.54. The van der Waals surface area contributed by atoms with Gasteiger partial charge in [-0.05, 0) is 36.5 Å². The third-order valence-corrected chi connectivity index (χ3v) is 3.55. The lowest BCUT2D eigenvalue weighted by atomic mass is 9.98. The third-order valence-electron chi connectivity index (χ3n) is 2.63. The van der Waals surface area contributed by atoms with Gasteiger partial charge in [0.1, 0.15) is 5.75 Å². The van der Waals surface area contributed by atoms with Gasteiger partial charge < -0.3 is 9.47 Å². The quantitative estimate of drug-likeness (QED) is 0.716. The van der Waals surface area contributed by atoms with Crippen molar-refractivity contribution in [3.63, 3.8) is 0 Å². The maximum absolute atomic E-state index is 5.14. The van der Waals surface area contributed by atoms with Crippen molar-refractivity contribution < 1.29 is 9.47 Å². The number of halogens is 1. The van der Waals surface area contributed by atoms with Crippen LogP contribution in [-0.4, -0.2) is 26.2 Å². The highest BCUT2D eigenvalue weighted by atomic mass is 79.9. The van der Waals surface area contributed by atoms with E-state index in [1.807, 2.05) is 12.1 Å². The smallest absolute Gasteiger partial charge is 0.118 e. The number of alkyl halides is 1. The zero-order valence-corrected chi connectivity index (χ0v) is 11.5. The van der Waals surface area contributed by atoms with Gasteiger partial charge in [0.15, 0.2) is 0 Å². The first-order chi connectivity index (χ1) is 7.80. The Morgan fingerprint density at radius 2 is 1.88 bits per heavy atom. The normalized spacial score (nSPS) is 12.4. The van der Waals surface area contributed by atoms with Crippen molar-refractivity contribution in [2.45, 2.75) is 12.8 Å². The summed E-state index contributed by atoms with van der Waals surface area (Å²) in [5.41, 5.74) is 1.35. The van der Waals surface area contributed by atoms with Crippen molar-refractivity contribution in [1.82, 2.24) is 0 Å². The summed E-state index contributed by atoms with van der Waals surface area (Å²) >= 11 is 3.55. The minimum atomic E-state index is 0.633. The van der Waals surface area contributed by atoms with E-state index < -0.39 is 0 Å². The van der Waals surface area contributed by atoms with Crippen LogP contribution in [-0.2, 0) is 11.2 Å². The Bertz CT molecular complexity index is 284. The Morgan fingerprint density at radius 1 is 1.19 bits per heavy atom.